The molecule has 0 fully saturated rings. The molecule has 0 radical (unpaired) electrons. The van der Waals surface area contributed by atoms with Gasteiger partial charge in [-0.15, -0.1) is 0 Å². The zero-order chi connectivity index (χ0) is 13.8. The lowest BCUT2D eigenvalue weighted by Gasteiger charge is -2.10. The first-order valence-electron chi connectivity index (χ1n) is 6.54. The Hall–Kier alpha value is -1.87. The summed E-state index contributed by atoms with van der Waals surface area (Å²) in [5.74, 6) is 1.89. The van der Waals surface area contributed by atoms with E-state index in [4.69, 9.17) is 10.5 Å². The molecule has 0 bridgehead atoms. The van der Waals surface area contributed by atoms with Crippen LogP contribution in [0.1, 0.15) is 36.6 Å². The van der Waals surface area contributed by atoms with Gasteiger partial charge in [0.1, 0.15) is 5.75 Å². The van der Waals surface area contributed by atoms with Crippen molar-refractivity contribution < 1.29 is 4.74 Å². The Balaban J connectivity index is 2.25. The molecule has 2 aromatic rings. The molecule has 0 aliphatic heterocycles. The molecule has 1 aromatic carbocycles. The van der Waals surface area contributed by atoms with Crippen molar-refractivity contribution in [2.75, 3.05) is 0 Å². The third-order valence-corrected chi connectivity index (χ3v) is 2.97. The molecular formula is C16H20N2O. The van der Waals surface area contributed by atoms with E-state index in [-0.39, 0.29) is 0 Å². The van der Waals surface area contributed by atoms with Gasteiger partial charge in [0, 0.05) is 18.3 Å². The van der Waals surface area contributed by atoms with Crippen LogP contribution < -0.4 is 10.5 Å². The first-order valence-corrected chi connectivity index (χ1v) is 6.54. The average Bonchev–Trinajstić information content (AvgIpc) is 2.38. The van der Waals surface area contributed by atoms with E-state index in [0.29, 0.717) is 18.3 Å². The number of aromatic nitrogens is 1. The molecular weight excluding hydrogens is 236 g/mol. The van der Waals surface area contributed by atoms with Crippen molar-refractivity contribution in [3.05, 3.63) is 53.2 Å². The van der Waals surface area contributed by atoms with Crippen LogP contribution in [0.15, 0.2) is 36.4 Å². The molecule has 19 heavy (non-hydrogen) atoms. The summed E-state index contributed by atoms with van der Waals surface area (Å²) < 4.78 is 5.83. The fourth-order valence-electron chi connectivity index (χ4n) is 1.93. The predicted octanol–water partition coefficient (Wildman–Crippen LogP) is 3.76. The summed E-state index contributed by atoms with van der Waals surface area (Å²) >= 11 is 0. The molecule has 1 aromatic heterocycles. The molecule has 1 heterocycles. The number of aryl methyl sites for hydroxylation is 1. The van der Waals surface area contributed by atoms with E-state index in [2.05, 4.69) is 31.0 Å². The Morgan fingerprint density at radius 3 is 2.68 bits per heavy atom. The third-order valence-electron chi connectivity index (χ3n) is 2.97. The van der Waals surface area contributed by atoms with E-state index in [1.54, 1.807) is 0 Å². The summed E-state index contributed by atoms with van der Waals surface area (Å²) in [4.78, 5) is 4.37. The second-order valence-corrected chi connectivity index (χ2v) is 4.99. The Morgan fingerprint density at radius 1 is 1.21 bits per heavy atom. The molecule has 0 atom stereocenters. The number of hydrogen-bond donors (Lipinski definition) is 1. The fraction of sp³-hybridized carbons (Fsp3) is 0.312. The second kappa shape index (κ2) is 5.85. The van der Waals surface area contributed by atoms with Gasteiger partial charge in [-0.05, 0) is 42.2 Å². The molecule has 0 saturated heterocycles. The lowest BCUT2D eigenvalue weighted by atomic mass is 10.0. The molecule has 0 saturated carbocycles. The van der Waals surface area contributed by atoms with Crippen molar-refractivity contribution in [1.82, 2.24) is 4.98 Å². The predicted molar refractivity (Wildman–Crippen MR) is 77.5 cm³/mol. The van der Waals surface area contributed by atoms with Gasteiger partial charge in [0.15, 0.2) is 0 Å². The zero-order valence-corrected chi connectivity index (χ0v) is 11.7. The minimum absolute atomic E-state index is 0.480. The number of benzene rings is 1. The Bertz CT molecular complexity index is 564. The topological polar surface area (TPSA) is 48.1 Å². The molecule has 100 valence electrons. The molecule has 2 N–H and O–H groups in total. The van der Waals surface area contributed by atoms with E-state index in [1.165, 1.54) is 5.56 Å². The molecule has 0 aliphatic rings. The van der Waals surface area contributed by atoms with Crippen molar-refractivity contribution in [3.63, 3.8) is 0 Å². The van der Waals surface area contributed by atoms with Crippen LogP contribution in [0.2, 0.25) is 0 Å². The van der Waals surface area contributed by atoms with Crippen LogP contribution >= 0.6 is 0 Å². The molecule has 0 aliphatic carbocycles. The number of nitrogens with two attached hydrogens (primary N) is 1. The van der Waals surface area contributed by atoms with Gasteiger partial charge in [-0.25, -0.2) is 4.98 Å². The van der Waals surface area contributed by atoms with Gasteiger partial charge in [-0.1, -0.05) is 26.0 Å². The summed E-state index contributed by atoms with van der Waals surface area (Å²) in [6.07, 6.45) is 0. The number of ether oxygens (including phenoxy) is 1. The summed E-state index contributed by atoms with van der Waals surface area (Å²) in [6.45, 7) is 6.76. The zero-order valence-electron chi connectivity index (χ0n) is 11.7. The third kappa shape index (κ3) is 3.55. The Kier molecular flexibility index (Phi) is 4.17. The van der Waals surface area contributed by atoms with E-state index < -0.39 is 0 Å². The molecule has 2 rings (SSSR count). The van der Waals surface area contributed by atoms with E-state index in [9.17, 15) is 0 Å². The second-order valence-electron chi connectivity index (χ2n) is 4.99. The molecule has 3 nitrogen and oxygen atoms in total. The number of hydrogen-bond acceptors (Lipinski definition) is 3. The molecule has 0 spiro atoms. The normalized spacial score (nSPS) is 10.8. The molecule has 0 amide bonds. The number of pyridine rings is 1. The maximum Gasteiger partial charge on any atom is 0.219 e. The summed E-state index contributed by atoms with van der Waals surface area (Å²) in [7, 11) is 0. The van der Waals surface area contributed by atoms with Gasteiger partial charge in [0.05, 0.1) is 0 Å². The van der Waals surface area contributed by atoms with Crippen LogP contribution in [0.4, 0.5) is 0 Å². The maximum absolute atomic E-state index is 5.83. The smallest absolute Gasteiger partial charge is 0.219 e. The SMILES string of the molecule is Cc1cc(CN)cc(Oc2cccc(C(C)C)c2)n1. The fourth-order valence-corrected chi connectivity index (χ4v) is 1.93. The Labute approximate surface area is 114 Å². The summed E-state index contributed by atoms with van der Waals surface area (Å²) in [5, 5.41) is 0. The first kappa shape index (κ1) is 13.6. The summed E-state index contributed by atoms with van der Waals surface area (Å²) in [5.41, 5.74) is 8.86. The summed E-state index contributed by atoms with van der Waals surface area (Å²) in [6, 6.07) is 12.0. The highest BCUT2D eigenvalue weighted by Gasteiger charge is 2.04. The van der Waals surface area contributed by atoms with Crippen molar-refractivity contribution in [3.8, 4) is 11.6 Å². The minimum atomic E-state index is 0.480. The van der Waals surface area contributed by atoms with E-state index in [1.807, 2.05) is 31.2 Å². The highest BCUT2D eigenvalue weighted by atomic mass is 16.5. The quantitative estimate of drug-likeness (QED) is 0.906. The van der Waals surface area contributed by atoms with Crippen molar-refractivity contribution in [1.29, 1.82) is 0 Å². The van der Waals surface area contributed by atoms with Crippen molar-refractivity contribution in [2.24, 2.45) is 5.73 Å². The molecule has 0 unspecified atom stereocenters. The van der Waals surface area contributed by atoms with Crippen LogP contribution in [0.3, 0.4) is 0 Å². The van der Waals surface area contributed by atoms with Crippen LogP contribution in [0.5, 0.6) is 11.6 Å². The monoisotopic (exact) mass is 256 g/mol. The highest BCUT2D eigenvalue weighted by molar-refractivity contribution is 5.34. The standard InChI is InChI=1S/C16H20N2O/c1-11(2)14-5-4-6-15(9-14)19-16-8-13(10-17)7-12(3)18-16/h4-9,11H,10,17H2,1-3H3. The van der Waals surface area contributed by atoms with E-state index >= 15 is 0 Å². The van der Waals surface area contributed by atoms with Gasteiger partial charge in [-0.3, -0.25) is 0 Å². The lowest BCUT2D eigenvalue weighted by molar-refractivity contribution is 0.460. The van der Waals surface area contributed by atoms with Gasteiger partial charge in [0.25, 0.3) is 0 Å². The average molecular weight is 256 g/mol. The lowest BCUT2D eigenvalue weighted by Crippen LogP contribution is -1.99. The van der Waals surface area contributed by atoms with Crippen molar-refractivity contribution in [2.45, 2.75) is 33.2 Å². The van der Waals surface area contributed by atoms with Gasteiger partial charge >= 0.3 is 0 Å². The minimum Gasteiger partial charge on any atom is -0.439 e. The molecule has 3 heteroatoms. The first-order chi connectivity index (χ1) is 9.08. The number of nitrogens with zero attached hydrogens (tertiary/aromatic N) is 1. The van der Waals surface area contributed by atoms with Crippen LogP contribution in [-0.4, -0.2) is 4.98 Å². The van der Waals surface area contributed by atoms with Crippen molar-refractivity contribution >= 4 is 0 Å². The number of rotatable bonds is 4. The van der Waals surface area contributed by atoms with Gasteiger partial charge in [-0.2, -0.15) is 0 Å². The van der Waals surface area contributed by atoms with Crippen LogP contribution in [-0.2, 0) is 6.54 Å². The highest BCUT2D eigenvalue weighted by Crippen LogP contribution is 2.24. The van der Waals surface area contributed by atoms with Crippen LogP contribution in [0.25, 0.3) is 0 Å². The largest absolute Gasteiger partial charge is 0.439 e. The van der Waals surface area contributed by atoms with Gasteiger partial charge < -0.3 is 10.5 Å². The van der Waals surface area contributed by atoms with Crippen LogP contribution in [0, 0.1) is 6.92 Å². The van der Waals surface area contributed by atoms with E-state index in [0.717, 1.165) is 17.0 Å². The van der Waals surface area contributed by atoms with Gasteiger partial charge in [0.2, 0.25) is 5.88 Å². The Morgan fingerprint density at radius 2 is 2.00 bits per heavy atom. The maximum atomic E-state index is 5.83.